The topological polar surface area (TPSA) is 62.5 Å². The Hall–Kier alpha value is -1.73. The normalized spacial score (nSPS) is 18.2. The molecule has 6 nitrogen and oxygen atoms in total. The van der Waals surface area contributed by atoms with Gasteiger partial charge in [-0.15, -0.1) is 11.3 Å². The van der Waals surface area contributed by atoms with Crippen LogP contribution in [0.15, 0.2) is 16.0 Å². The van der Waals surface area contributed by atoms with E-state index in [-0.39, 0.29) is 11.9 Å². The summed E-state index contributed by atoms with van der Waals surface area (Å²) in [6.07, 6.45) is 3.54. The van der Waals surface area contributed by atoms with Gasteiger partial charge < -0.3 is 9.32 Å². The monoisotopic (exact) mass is 348 g/mol. The Morgan fingerprint density at radius 3 is 3.00 bits per heavy atom. The number of hydrogen-bond acceptors (Lipinski definition) is 6. The molecule has 2 aromatic heterocycles. The average Bonchev–Trinajstić information content (AvgIpc) is 3.26. The Kier molecular flexibility index (Phi) is 5.30. The number of hydrogen-bond donors (Lipinski definition) is 0. The zero-order chi connectivity index (χ0) is 17.1. The van der Waals surface area contributed by atoms with E-state index in [0.29, 0.717) is 12.4 Å². The van der Waals surface area contributed by atoms with Crippen molar-refractivity contribution in [2.45, 2.75) is 52.7 Å². The van der Waals surface area contributed by atoms with Crippen LogP contribution in [0, 0.1) is 6.92 Å². The van der Waals surface area contributed by atoms with Crippen molar-refractivity contribution in [3.05, 3.63) is 33.9 Å². The van der Waals surface area contributed by atoms with E-state index in [4.69, 9.17) is 4.42 Å². The molecule has 24 heavy (non-hydrogen) atoms. The number of oxazole rings is 1. The highest BCUT2D eigenvalue weighted by atomic mass is 32.1. The minimum absolute atomic E-state index is 0.0719. The molecule has 1 fully saturated rings. The SMILES string of the molecule is CCc1cnc(CN(C(C)=O)C2CCN(Cc3csc(C)n3)C2)o1. The van der Waals surface area contributed by atoms with Crippen LogP contribution in [0.1, 0.15) is 42.6 Å². The summed E-state index contributed by atoms with van der Waals surface area (Å²) in [6, 6.07) is 0.208. The van der Waals surface area contributed by atoms with E-state index in [1.165, 1.54) is 0 Å². The van der Waals surface area contributed by atoms with Crippen LogP contribution in [-0.2, 0) is 24.3 Å². The van der Waals surface area contributed by atoms with Gasteiger partial charge in [-0.05, 0) is 13.3 Å². The first kappa shape index (κ1) is 17.1. The van der Waals surface area contributed by atoms with Crippen molar-refractivity contribution in [2.24, 2.45) is 0 Å². The van der Waals surface area contributed by atoms with Crippen LogP contribution in [0.2, 0.25) is 0 Å². The van der Waals surface area contributed by atoms with Crippen LogP contribution in [0.3, 0.4) is 0 Å². The number of amides is 1. The molecule has 0 radical (unpaired) electrons. The molecule has 1 saturated heterocycles. The number of carbonyl (C=O) groups excluding carboxylic acids is 1. The van der Waals surface area contributed by atoms with E-state index in [0.717, 1.165) is 48.9 Å². The van der Waals surface area contributed by atoms with Crippen LogP contribution in [0.5, 0.6) is 0 Å². The second-order valence-electron chi connectivity index (χ2n) is 6.26. The lowest BCUT2D eigenvalue weighted by atomic mass is 10.2. The Balaban J connectivity index is 1.61. The molecule has 1 aliphatic heterocycles. The van der Waals surface area contributed by atoms with Crippen LogP contribution in [0.25, 0.3) is 0 Å². The molecule has 3 heterocycles. The van der Waals surface area contributed by atoms with Gasteiger partial charge in [-0.2, -0.15) is 0 Å². The van der Waals surface area contributed by atoms with Crippen molar-refractivity contribution in [1.29, 1.82) is 0 Å². The van der Waals surface area contributed by atoms with Crippen LogP contribution >= 0.6 is 11.3 Å². The summed E-state index contributed by atoms with van der Waals surface area (Å²) in [6.45, 7) is 8.83. The zero-order valence-corrected chi connectivity index (χ0v) is 15.3. The van der Waals surface area contributed by atoms with Crippen molar-refractivity contribution >= 4 is 17.2 Å². The fourth-order valence-electron chi connectivity index (χ4n) is 3.15. The summed E-state index contributed by atoms with van der Waals surface area (Å²) in [7, 11) is 0. The maximum absolute atomic E-state index is 12.1. The summed E-state index contributed by atoms with van der Waals surface area (Å²) in [5, 5.41) is 3.21. The van der Waals surface area contributed by atoms with Gasteiger partial charge in [0, 0.05) is 44.4 Å². The lowest BCUT2D eigenvalue weighted by Crippen LogP contribution is -2.40. The molecule has 7 heteroatoms. The van der Waals surface area contributed by atoms with Gasteiger partial charge in [-0.1, -0.05) is 6.92 Å². The third-order valence-electron chi connectivity index (χ3n) is 4.40. The van der Waals surface area contributed by atoms with Crippen molar-refractivity contribution in [3.8, 4) is 0 Å². The number of rotatable bonds is 6. The number of aromatic nitrogens is 2. The van der Waals surface area contributed by atoms with E-state index >= 15 is 0 Å². The van der Waals surface area contributed by atoms with Crippen molar-refractivity contribution < 1.29 is 9.21 Å². The average molecular weight is 348 g/mol. The first-order valence-corrected chi connectivity index (χ1v) is 9.27. The quantitative estimate of drug-likeness (QED) is 0.803. The number of aryl methyl sites for hydroxylation is 2. The molecule has 3 rings (SSSR count). The minimum Gasteiger partial charge on any atom is -0.444 e. The van der Waals surface area contributed by atoms with Gasteiger partial charge in [0.25, 0.3) is 0 Å². The van der Waals surface area contributed by atoms with Gasteiger partial charge >= 0.3 is 0 Å². The molecule has 1 atom stereocenters. The van der Waals surface area contributed by atoms with Gasteiger partial charge in [-0.3, -0.25) is 9.69 Å². The predicted octanol–water partition coefficient (Wildman–Crippen LogP) is 2.62. The number of likely N-dealkylation sites (tertiary alicyclic amines) is 1. The smallest absolute Gasteiger partial charge is 0.220 e. The number of thiazole rings is 1. The van der Waals surface area contributed by atoms with Gasteiger partial charge in [0.1, 0.15) is 5.76 Å². The van der Waals surface area contributed by atoms with Crippen molar-refractivity contribution in [2.75, 3.05) is 13.1 Å². The summed E-state index contributed by atoms with van der Waals surface area (Å²) >= 11 is 1.68. The summed E-state index contributed by atoms with van der Waals surface area (Å²) in [4.78, 5) is 25.2. The Labute approximate surface area is 146 Å². The van der Waals surface area contributed by atoms with E-state index in [1.54, 1.807) is 24.5 Å². The molecule has 2 aromatic rings. The third-order valence-corrected chi connectivity index (χ3v) is 5.22. The van der Waals surface area contributed by atoms with E-state index in [9.17, 15) is 4.79 Å². The molecule has 130 valence electrons. The molecule has 0 aromatic carbocycles. The highest BCUT2D eigenvalue weighted by Gasteiger charge is 2.30. The molecule has 0 N–H and O–H groups in total. The molecule has 1 amide bonds. The molecule has 0 spiro atoms. The summed E-state index contributed by atoms with van der Waals surface area (Å²) in [5.41, 5.74) is 1.12. The highest BCUT2D eigenvalue weighted by Crippen LogP contribution is 2.21. The molecule has 1 unspecified atom stereocenters. The molecular weight excluding hydrogens is 324 g/mol. The van der Waals surface area contributed by atoms with Gasteiger partial charge in [0.2, 0.25) is 11.8 Å². The van der Waals surface area contributed by atoms with Gasteiger partial charge in [-0.25, -0.2) is 9.97 Å². The molecule has 1 aliphatic rings. The minimum atomic E-state index is 0.0719. The fourth-order valence-corrected chi connectivity index (χ4v) is 3.75. The fraction of sp³-hybridized carbons (Fsp3) is 0.588. The van der Waals surface area contributed by atoms with Crippen LogP contribution < -0.4 is 0 Å². The standard InChI is InChI=1S/C17H24N4O2S/c1-4-16-7-18-17(23-16)10-21(13(3)22)15-5-6-20(9-15)8-14-11-24-12(2)19-14/h7,11,15H,4-6,8-10H2,1-3H3. The first-order chi connectivity index (χ1) is 11.5. The number of carbonyl (C=O) groups is 1. The van der Waals surface area contributed by atoms with Crippen LogP contribution in [-0.4, -0.2) is 44.8 Å². The van der Waals surface area contributed by atoms with Crippen molar-refractivity contribution in [1.82, 2.24) is 19.8 Å². The van der Waals surface area contributed by atoms with E-state index in [1.807, 2.05) is 18.7 Å². The van der Waals surface area contributed by atoms with Gasteiger partial charge in [0.15, 0.2) is 0 Å². The highest BCUT2D eigenvalue weighted by molar-refractivity contribution is 7.09. The van der Waals surface area contributed by atoms with Crippen LogP contribution in [0.4, 0.5) is 0 Å². The Bertz CT molecular complexity index is 696. The molecule has 0 saturated carbocycles. The molecule has 0 aliphatic carbocycles. The third kappa shape index (κ3) is 4.02. The van der Waals surface area contributed by atoms with E-state index in [2.05, 4.69) is 20.2 Å². The molecule has 0 bridgehead atoms. The Morgan fingerprint density at radius 2 is 2.38 bits per heavy atom. The van der Waals surface area contributed by atoms with E-state index < -0.39 is 0 Å². The Morgan fingerprint density at radius 1 is 1.54 bits per heavy atom. The lowest BCUT2D eigenvalue weighted by molar-refractivity contribution is -0.132. The maximum atomic E-state index is 12.1. The second-order valence-corrected chi connectivity index (χ2v) is 7.32. The van der Waals surface area contributed by atoms with Crippen molar-refractivity contribution in [3.63, 3.8) is 0 Å². The van der Waals surface area contributed by atoms with Gasteiger partial charge in [0.05, 0.1) is 23.4 Å². The lowest BCUT2D eigenvalue weighted by Gasteiger charge is -2.26. The molecular formula is C17H24N4O2S. The first-order valence-electron chi connectivity index (χ1n) is 8.39. The summed E-state index contributed by atoms with van der Waals surface area (Å²) in [5.74, 6) is 1.55. The maximum Gasteiger partial charge on any atom is 0.220 e. The largest absolute Gasteiger partial charge is 0.444 e. The number of nitrogens with zero attached hydrogens (tertiary/aromatic N) is 4. The summed E-state index contributed by atoms with van der Waals surface area (Å²) < 4.78 is 5.67. The zero-order valence-electron chi connectivity index (χ0n) is 14.5. The second kappa shape index (κ2) is 7.44. The predicted molar refractivity (Wildman–Crippen MR) is 92.6 cm³/mol.